The number of carbonyl (C=O) groups excluding carboxylic acids is 1. The number of aryl methyl sites for hydroxylation is 1. The molecule has 0 spiro atoms. The highest BCUT2D eigenvalue weighted by Crippen LogP contribution is 2.19. The smallest absolute Gasteiger partial charge is 0.277 e. The van der Waals surface area contributed by atoms with Crippen LogP contribution < -0.4 is 10.6 Å². The molecular formula is C11H16N4O3. The van der Waals surface area contributed by atoms with Gasteiger partial charge in [-0.25, -0.2) is 4.98 Å². The van der Waals surface area contributed by atoms with Crippen LogP contribution in [-0.4, -0.2) is 28.9 Å². The number of pyridine rings is 1. The molecule has 0 radical (unpaired) electrons. The highest BCUT2D eigenvalue weighted by molar-refractivity contribution is 5.76. The fourth-order valence-electron chi connectivity index (χ4n) is 1.40. The predicted molar refractivity (Wildman–Crippen MR) is 67.4 cm³/mol. The Bertz CT molecular complexity index is 448. The van der Waals surface area contributed by atoms with E-state index in [0.29, 0.717) is 30.9 Å². The second-order valence-electron chi connectivity index (χ2n) is 3.74. The fourth-order valence-corrected chi connectivity index (χ4v) is 1.40. The van der Waals surface area contributed by atoms with Gasteiger partial charge in [-0.1, -0.05) is 0 Å². The van der Waals surface area contributed by atoms with E-state index in [9.17, 15) is 14.9 Å². The normalized spacial score (nSPS) is 9.89. The summed E-state index contributed by atoms with van der Waals surface area (Å²) in [5, 5.41) is 16.3. The Morgan fingerprint density at radius 1 is 1.56 bits per heavy atom. The maximum absolute atomic E-state index is 11.2. The SMILES string of the molecule is CCNC(=O)CCNc1cc([N+](=O)[O-])c(C)cn1. The van der Waals surface area contributed by atoms with Crippen molar-refractivity contribution in [3.63, 3.8) is 0 Å². The first-order chi connectivity index (χ1) is 8.54. The minimum Gasteiger partial charge on any atom is -0.369 e. The van der Waals surface area contributed by atoms with Crippen LogP contribution in [0.5, 0.6) is 0 Å². The van der Waals surface area contributed by atoms with Gasteiger partial charge in [0.2, 0.25) is 5.91 Å². The van der Waals surface area contributed by atoms with Crippen LogP contribution in [-0.2, 0) is 4.79 Å². The van der Waals surface area contributed by atoms with Crippen LogP contribution in [0.2, 0.25) is 0 Å². The lowest BCUT2D eigenvalue weighted by Crippen LogP contribution is -2.24. The third-order valence-electron chi connectivity index (χ3n) is 2.30. The topological polar surface area (TPSA) is 97.2 Å². The fraction of sp³-hybridized carbons (Fsp3) is 0.455. The molecule has 1 rings (SSSR count). The molecule has 98 valence electrons. The molecule has 18 heavy (non-hydrogen) atoms. The molecule has 7 nitrogen and oxygen atoms in total. The monoisotopic (exact) mass is 252 g/mol. The largest absolute Gasteiger partial charge is 0.369 e. The first-order valence-corrected chi connectivity index (χ1v) is 5.66. The zero-order valence-corrected chi connectivity index (χ0v) is 10.4. The van der Waals surface area contributed by atoms with Gasteiger partial charge in [-0.15, -0.1) is 0 Å². The van der Waals surface area contributed by atoms with E-state index in [1.807, 2.05) is 6.92 Å². The molecule has 0 unspecified atom stereocenters. The number of amides is 1. The lowest BCUT2D eigenvalue weighted by molar-refractivity contribution is -0.385. The minimum atomic E-state index is -0.452. The van der Waals surface area contributed by atoms with E-state index >= 15 is 0 Å². The quantitative estimate of drug-likeness (QED) is 0.586. The van der Waals surface area contributed by atoms with Gasteiger partial charge in [-0.05, 0) is 13.8 Å². The van der Waals surface area contributed by atoms with Gasteiger partial charge < -0.3 is 10.6 Å². The molecule has 0 aliphatic heterocycles. The van der Waals surface area contributed by atoms with Crippen LogP contribution in [0.3, 0.4) is 0 Å². The van der Waals surface area contributed by atoms with Crippen molar-refractivity contribution >= 4 is 17.4 Å². The summed E-state index contributed by atoms with van der Waals surface area (Å²) in [5.74, 6) is 0.336. The van der Waals surface area contributed by atoms with E-state index in [1.165, 1.54) is 12.3 Å². The Labute approximate surface area is 105 Å². The molecule has 1 amide bonds. The molecule has 0 aliphatic rings. The number of carbonyl (C=O) groups is 1. The van der Waals surface area contributed by atoms with Crippen LogP contribution in [0.15, 0.2) is 12.3 Å². The van der Waals surface area contributed by atoms with E-state index in [1.54, 1.807) is 6.92 Å². The van der Waals surface area contributed by atoms with Gasteiger partial charge in [0.1, 0.15) is 5.82 Å². The summed E-state index contributed by atoms with van der Waals surface area (Å²) in [6.07, 6.45) is 1.74. The summed E-state index contributed by atoms with van der Waals surface area (Å²) in [4.78, 5) is 25.5. The third-order valence-corrected chi connectivity index (χ3v) is 2.30. The van der Waals surface area contributed by atoms with Crippen molar-refractivity contribution in [2.75, 3.05) is 18.4 Å². The second kappa shape index (κ2) is 6.53. The van der Waals surface area contributed by atoms with Gasteiger partial charge in [0, 0.05) is 31.3 Å². The first-order valence-electron chi connectivity index (χ1n) is 5.66. The van der Waals surface area contributed by atoms with Crippen molar-refractivity contribution in [1.82, 2.24) is 10.3 Å². The maximum Gasteiger partial charge on any atom is 0.277 e. The first kappa shape index (κ1) is 13.9. The van der Waals surface area contributed by atoms with E-state index < -0.39 is 4.92 Å². The summed E-state index contributed by atoms with van der Waals surface area (Å²) in [6.45, 7) is 4.45. The van der Waals surface area contributed by atoms with Crippen molar-refractivity contribution in [2.24, 2.45) is 0 Å². The van der Waals surface area contributed by atoms with Crippen LogP contribution in [0.25, 0.3) is 0 Å². The number of hydrogen-bond acceptors (Lipinski definition) is 5. The van der Waals surface area contributed by atoms with E-state index in [4.69, 9.17) is 0 Å². The molecule has 1 aromatic heterocycles. The van der Waals surface area contributed by atoms with Crippen LogP contribution in [0.4, 0.5) is 11.5 Å². The average Bonchev–Trinajstić information content (AvgIpc) is 2.31. The Hall–Kier alpha value is -2.18. The molecule has 0 saturated carbocycles. The van der Waals surface area contributed by atoms with E-state index in [-0.39, 0.29) is 11.6 Å². The molecule has 0 bridgehead atoms. The number of anilines is 1. The van der Waals surface area contributed by atoms with Crippen molar-refractivity contribution in [2.45, 2.75) is 20.3 Å². The molecule has 2 N–H and O–H groups in total. The Balaban J connectivity index is 2.55. The second-order valence-corrected chi connectivity index (χ2v) is 3.74. The van der Waals surface area contributed by atoms with E-state index in [2.05, 4.69) is 15.6 Å². The lowest BCUT2D eigenvalue weighted by Gasteiger charge is -2.06. The number of hydrogen-bond donors (Lipinski definition) is 2. The molecule has 0 aliphatic carbocycles. The number of nitrogens with one attached hydrogen (secondary N) is 2. The van der Waals surface area contributed by atoms with Gasteiger partial charge in [-0.2, -0.15) is 0 Å². The number of rotatable bonds is 6. The van der Waals surface area contributed by atoms with Gasteiger partial charge >= 0.3 is 0 Å². The van der Waals surface area contributed by atoms with Crippen molar-refractivity contribution in [1.29, 1.82) is 0 Å². The standard InChI is InChI=1S/C11H16N4O3/c1-3-12-11(16)4-5-13-10-6-9(15(17)18)8(2)7-14-10/h6-7H,3-5H2,1-2H3,(H,12,16)(H,13,14). The van der Waals surface area contributed by atoms with Crippen LogP contribution in [0, 0.1) is 17.0 Å². The Morgan fingerprint density at radius 2 is 2.28 bits per heavy atom. The number of aromatic nitrogens is 1. The molecule has 1 heterocycles. The summed E-state index contributed by atoms with van der Waals surface area (Å²) < 4.78 is 0. The Kier molecular flexibility index (Phi) is 5.04. The van der Waals surface area contributed by atoms with Gasteiger partial charge in [0.05, 0.1) is 11.0 Å². The van der Waals surface area contributed by atoms with Gasteiger partial charge in [0.15, 0.2) is 0 Å². The molecular weight excluding hydrogens is 236 g/mol. The summed E-state index contributed by atoms with van der Waals surface area (Å²) in [6, 6.07) is 1.37. The Morgan fingerprint density at radius 3 is 2.89 bits per heavy atom. The molecule has 1 aromatic rings. The van der Waals surface area contributed by atoms with Crippen molar-refractivity contribution in [3.8, 4) is 0 Å². The lowest BCUT2D eigenvalue weighted by atomic mass is 10.2. The summed E-state index contributed by atoms with van der Waals surface area (Å²) in [5.41, 5.74) is 0.528. The zero-order valence-electron chi connectivity index (χ0n) is 10.4. The predicted octanol–water partition coefficient (Wildman–Crippen LogP) is 1.24. The van der Waals surface area contributed by atoms with Crippen molar-refractivity contribution < 1.29 is 9.72 Å². The molecule has 7 heteroatoms. The molecule has 0 aromatic carbocycles. The van der Waals surface area contributed by atoms with Gasteiger partial charge in [-0.3, -0.25) is 14.9 Å². The highest BCUT2D eigenvalue weighted by atomic mass is 16.6. The minimum absolute atomic E-state index is 0.0190. The van der Waals surface area contributed by atoms with Gasteiger partial charge in [0.25, 0.3) is 5.69 Å². The average molecular weight is 252 g/mol. The highest BCUT2D eigenvalue weighted by Gasteiger charge is 2.11. The molecule has 0 atom stereocenters. The third kappa shape index (κ3) is 4.00. The summed E-state index contributed by atoms with van der Waals surface area (Å²) >= 11 is 0. The molecule has 0 saturated heterocycles. The zero-order chi connectivity index (χ0) is 13.5. The number of nitrogens with zero attached hydrogens (tertiary/aromatic N) is 2. The molecule has 0 fully saturated rings. The van der Waals surface area contributed by atoms with Crippen LogP contribution in [0.1, 0.15) is 18.9 Å². The van der Waals surface area contributed by atoms with Crippen LogP contribution >= 0.6 is 0 Å². The maximum atomic E-state index is 11.2. The van der Waals surface area contributed by atoms with E-state index in [0.717, 1.165) is 0 Å². The number of nitro groups is 1. The van der Waals surface area contributed by atoms with Crippen molar-refractivity contribution in [3.05, 3.63) is 27.9 Å². The summed E-state index contributed by atoms with van der Waals surface area (Å²) in [7, 11) is 0.